The van der Waals surface area contributed by atoms with E-state index in [-0.39, 0.29) is 5.91 Å². The van der Waals surface area contributed by atoms with Gasteiger partial charge in [-0.05, 0) is 13.8 Å². The zero-order chi connectivity index (χ0) is 15.7. The van der Waals surface area contributed by atoms with Crippen LogP contribution in [0.25, 0.3) is 0 Å². The highest BCUT2D eigenvalue weighted by Gasteiger charge is 2.27. The third kappa shape index (κ3) is 3.14. The summed E-state index contributed by atoms with van der Waals surface area (Å²) < 4.78 is 5.13. The average Bonchev–Trinajstić information content (AvgIpc) is 3.08. The van der Waals surface area contributed by atoms with E-state index in [4.69, 9.17) is 4.52 Å². The fourth-order valence-electron chi connectivity index (χ4n) is 2.80. The third-order valence-electron chi connectivity index (χ3n) is 4.20. The van der Waals surface area contributed by atoms with E-state index < -0.39 is 0 Å². The van der Waals surface area contributed by atoms with Crippen LogP contribution in [0.2, 0.25) is 0 Å². The van der Waals surface area contributed by atoms with E-state index in [1.807, 2.05) is 30.5 Å². The number of carbonyl (C=O) groups excluding carboxylic acids is 1. The van der Waals surface area contributed by atoms with Crippen LogP contribution in [0.15, 0.2) is 9.52 Å². The van der Waals surface area contributed by atoms with Crippen LogP contribution >= 0.6 is 11.8 Å². The van der Waals surface area contributed by atoms with Crippen molar-refractivity contribution in [3.05, 3.63) is 17.0 Å². The van der Waals surface area contributed by atoms with Crippen molar-refractivity contribution in [1.29, 1.82) is 0 Å². The van der Waals surface area contributed by atoms with Crippen LogP contribution in [0.5, 0.6) is 0 Å². The number of nitrogens with zero attached hydrogens (tertiary/aromatic N) is 4. The van der Waals surface area contributed by atoms with Crippen LogP contribution in [0.4, 0.5) is 0 Å². The Balaban J connectivity index is 1.54. The molecule has 0 spiro atoms. The van der Waals surface area contributed by atoms with Crippen molar-refractivity contribution in [2.45, 2.75) is 32.4 Å². The van der Waals surface area contributed by atoms with Crippen molar-refractivity contribution in [1.82, 2.24) is 15.0 Å². The SMILES string of the molecule is Cc1noc(C)c1CC(=O)N1CCN(C2=NC[C@H](C)S2)CC1. The van der Waals surface area contributed by atoms with Crippen LogP contribution in [0.1, 0.15) is 23.9 Å². The van der Waals surface area contributed by atoms with Crippen molar-refractivity contribution < 1.29 is 9.32 Å². The largest absolute Gasteiger partial charge is 0.361 e. The maximum absolute atomic E-state index is 12.5. The van der Waals surface area contributed by atoms with Gasteiger partial charge in [0.15, 0.2) is 5.17 Å². The summed E-state index contributed by atoms with van der Waals surface area (Å²) in [6.07, 6.45) is 0.383. The van der Waals surface area contributed by atoms with E-state index in [0.29, 0.717) is 11.7 Å². The summed E-state index contributed by atoms with van der Waals surface area (Å²) in [5, 5.41) is 5.64. The zero-order valence-corrected chi connectivity index (χ0v) is 14.2. The number of aromatic nitrogens is 1. The number of thioether (sulfide) groups is 1. The average molecular weight is 322 g/mol. The Bertz CT molecular complexity index is 571. The molecule has 7 heteroatoms. The molecule has 0 unspecified atom stereocenters. The van der Waals surface area contributed by atoms with Crippen LogP contribution < -0.4 is 0 Å². The van der Waals surface area contributed by atoms with Gasteiger partial charge in [0.1, 0.15) is 5.76 Å². The first kappa shape index (κ1) is 15.4. The molecule has 0 aromatic carbocycles. The first-order valence-corrected chi connectivity index (χ1v) is 8.58. The van der Waals surface area contributed by atoms with Gasteiger partial charge in [-0.3, -0.25) is 9.79 Å². The molecule has 0 aliphatic carbocycles. The number of aliphatic imine (C=N–C) groups is 1. The molecule has 120 valence electrons. The lowest BCUT2D eigenvalue weighted by molar-refractivity contribution is -0.131. The molecule has 3 rings (SSSR count). The summed E-state index contributed by atoms with van der Waals surface area (Å²) in [6, 6.07) is 0. The van der Waals surface area contributed by atoms with Gasteiger partial charge in [-0.15, -0.1) is 0 Å². The summed E-state index contributed by atoms with van der Waals surface area (Å²) in [6.45, 7) is 10.1. The second-order valence-electron chi connectivity index (χ2n) is 5.90. The highest BCUT2D eigenvalue weighted by Crippen LogP contribution is 2.24. The number of aryl methyl sites for hydroxylation is 2. The van der Waals surface area contributed by atoms with Gasteiger partial charge < -0.3 is 14.3 Å². The Labute approximate surface area is 134 Å². The quantitative estimate of drug-likeness (QED) is 0.825. The molecule has 1 atom stereocenters. The van der Waals surface area contributed by atoms with Crippen LogP contribution in [-0.4, -0.2) is 64.0 Å². The summed E-state index contributed by atoms with van der Waals surface area (Å²) in [5.74, 6) is 0.901. The van der Waals surface area contributed by atoms with Crippen molar-refractivity contribution in [2.75, 3.05) is 32.7 Å². The second-order valence-corrected chi connectivity index (χ2v) is 7.30. The molecule has 0 N–H and O–H groups in total. The maximum Gasteiger partial charge on any atom is 0.227 e. The lowest BCUT2D eigenvalue weighted by Gasteiger charge is -2.35. The van der Waals surface area contributed by atoms with Crippen molar-refractivity contribution in [3.63, 3.8) is 0 Å². The number of amidine groups is 1. The Morgan fingerprint density at radius 3 is 2.59 bits per heavy atom. The Morgan fingerprint density at radius 2 is 2.05 bits per heavy atom. The number of amides is 1. The first-order chi connectivity index (χ1) is 10.5. The summed E-state index contributed by atoms with van der Waals surface area (Å²) in [5.41, 5.74) is 1.74. The molecule has 1 fully saturated rings. The zero-order valence-electron chi connectivity index (χ0n) is 13.3. The van der Waals surface area contributed by atoms with Gasteiger partial charge in [0.25, 0.3) is 0 Å². The minimum Gasteiger partial charge on any atom is -0.361 e. The van der Waals surface area contributed by atoms with E-state index in [1.165, 1.54) is 0 Å². The monoisotopic (exact) mass is 322 g/mol. The van der Waals surface area contributed by atoms with E-state index in [0.717, 1.165) is 54.9 Å². The molecule has 22 heavy (non-hydrogen) atoms. The fourth-order valence-corrected chi connectivity index (χ4v) is 3.79. The highest BCUT2D eigenvalue weighted by molar-refractivity contribution is 8.14. The predicted molar refractivity (Wildman–Crippen MR) is 87.2 cm³/mol. The Morgan fingerprint density at radius 1 is 1.32 bits per heavy atom. The fraction of sp³-hybridized carbons (Fsp3) is 0.667. The molecule has 1 aromatic rings. The molecule has 3 heterocycles. The summed E-state index contributed by atoms with van der Waals surface area (Å²) in [7, 11) is 0. The molecule has 1 amide bonds. The van der Waals surface area contributed by atoms with Gasteiger partial charge in [0, 0.05) is 37.0 Å². The van der Waals surface area contributed by atoms with Gasteiger partial charge in [0.2, 0.25) is 5.91 Å². The van der Waals surface area contributed by atoms with Gasteiger partial charge in [-0.25, -0.2) is 0 Å². The van der Waals surface area contributed by atoms with Crippen molar-refractivity contribution >= 4 is 22.8 Å². The van der Waals surface area contributed by atoms with E-state index in [1.54, 1.807) is 0 Å². The topological polar surface area (TPSA) is 61.9 Å². The molecule has 0 radical (unpaired) electrons. The van der Waals surface area contributed by atoms with Crippen LogP contribution in [0.3, 0.4) is 0 Å². The van der Waals surface area contributed by atoms with E-state index in [2.05, 4.69) is 22.0 Å². The maximum atomic E-state index is 12.5. The van der Waals surface area contributed by atoms with Gasteiger partial charge >= 0.3 is 0 Å². The molecule has 2 aliphatic heterocycles. The summed E-state index contributed by atoms with van der Waals surface area (Å²) in [4.78, 5) is 21.3. The molecular weight excluding hydrogens is 300 g/mol. The van der Waals surface area contributed by atoms with Crippen LogP contribution in [0, 0.1) is 13.8 Å². The van der Waals surface area contributed by atoms with Crippen LogP contribution in [-0.2, 0) is 11.2 Å². The van der Waals surface area contributed by atoms with Crippen molar-refractivity contribution in [2.24, 2.45) is 4.99 Å². The standard InChI is InChI=1S/C15H22N4O2S/c1-10-9-16-15(22-10)19-6-4-18(5-7-19)14(20)8-13-11(2)17-21-12(13)3/h10H,4-9H2,1-3H3/t10-/m0/s1. The number of hydrogen-bond donors (Lipinski definition) is 0. The molecule has 0 bridgehead atoms. The molecule has 2 aliphatic rings. The minimum atomic E-state index is 0.156. The molecule has 6 nitrogen and oxygen atoms in total. The predicted octanol–water partition coefficient (Wildman–Crippen LogP) is 1.47. The number of carbonyl (C=O) groups is 1. The third-order valence-corrected chi connectivity index (χ3v) is 5.35. The summed E-state index contributed by atoms with van der Waals surface area (Å²) >= 11 is 1.84. The molecule has 1 aromatic heterocycles. The number of hydrogen-bond acceptors (Lipinski definition) is 6. The molecule has 1 saturated heterocycles. The lowest BCUT2D eigenvalue weighted by Crippen LogP contribution is -2.50. The van der Waals surface area contributed by atoms with Gasteiger partial charge in [-0.1, -0.05) is 23.8 Å². The molecule has 0 saturated carbocycles. The Kier molecular flexibility index (Phi) is 4.42. The van der Waals surface area contributed by atoms with E-state index >= 15 is 0 Å². The number of piperazine rings is 1. The van der Waals surface area contributed by atoms with Gasteiger partial charge in [0.05, 0.1) is 18.7 Å². The molecular formula is C15H22N4O2S. The second kappa shape index (κ2) is 6.32. The van der Waals surface area contributed by atoms with Gasteiger partial charge in [-0.2, -0.15) is 0 Å². The normalized spacial score (nSPS) is 22.1. The lowest BCUT2D eigenvalue weighted by atomic mass is 10.1. The minimum absolute atomic E-state index is 0.156. The number of rotatable bonds is 2. The smallest absolute Gasteiger partial charge is 0.227 e. The highest BCUT2D eigenvalue weighted by atomic mass is 32.2. The van der Waals surface area contributed by atoms with Crippen molar-refractivity contribution in [3.8, 4) is 0 Å². The Hall–Kier alpha value is -1.50. The van der Waals surface area contributed by atoms with E-state index in [9.17, 15) is 4.79 Å². The first-order valence-electron chi connectivity index (χ1n) is 7.70.